The van der Waals surface area contributed by atoms with Gasteiger partial charge in [0.15, 0.2) is 0 Å². The first-order valence-electron chi connectivity index (χ1n) is 7.00. The Balaban J connectivity index is 2.22. The van der Waals surface area contributed by atoms with Crippen LogP contribution in [0.1, 0.15) is 19.8 Å². The molecular formula is C13H22N2O5S. The van der Waals surface area contributed by atoms with Crippen LogP contribution in [-0.4, -0.2) is 71.6 Å². The first kappa shape index (κ1) is 17.8. The van der Waals surface area contributed by atoms with E-state index < -0.39 is 12.0 Å². The lowest BCUT2D eigenvalue weighted by Gasteiger charge is -2.26. The lowest BCUT2D eigenvalue weighted by atomic mass is 10.2. The van der Waals surface area contributed by atoms with Gasteiger partial charge in [-0.15, -0.1) is 11.8 Å². The van der Waals surface area contributed by atoms with E-state index in [0.717, 1.165) is 0 Å². The van der Waals surface area contributed by atoms with Crippen molar-refractivity contribution >= 4 is 29.5 Å². The molecule has 0 saturated carbocycles. The number of nitrogens with zero attached hydrogens (tertiary/aromatic N) is 1. The third kappa shape index (κ3) is 6.81. The Kier molecular flexibility index (Phi) is 8.14. The molecule has 1 rings (SSSR count). The van der Waals surface area contributed by atoms with Crippen LogP contribution in [-0.2, 0) is 19.1 Å². The lowest BCUT2D eigenvalue weighted by Crippen LogP contribution is -2.43. The van der Waals surface area contributed by atoms with E-state index in [1.165, 1.54) is 11.8 Å². The zero-order valence-electron chi connectivity index (χ0n) is 12.2. The number of nitrogens with one attached hydrogen (secondary N) is 1. The van der Waals surface area contributed by atoms with Crippen molar-refractivity contribution in [1.82, 2.24) is 10.2 Å². The summed E-state index contributed by atoms with van der Waals surface area (Å²) in [5, 5.41) is 11.4. The number of amides is 2. The number of morpholine rings is 1. The van der Waals surface area contributed by atoms with Crippen molar-refractivity contribution in [2.24, 2.45) is 0 Å². The quantitative estimate of drug-likeness (QED) is 0.651. The first-order valence-corrected chi connectivity index (χ1v) is 8.15. The molecule has 2 N–H and O–H groups in total. The summed E-state index contributed by atoms with van der Waals surface area (Å²) in [7, 11) is 0. The molecule has 1 aliphatic rings. The maximum Gasteiger partial charge on any atom is 0.326 e. The predicted octanol–water partition coefficient (Wildman–Crippen LogP) is -0.0521. The highest BCUT2D eigenvalue weighted by Gasteiger charge is 2.20. The van der Waals surface area contributed by atoms with Gasteiger partial charge in [-0.25, -0.2) is 4.79 Å². The van der Waals surface area contributed by atoms with Crippen LogP contribution in [0.5, 0.6) is 0 Å². The van der Waals surface area contributed by atoms with Crippen molar-refractivity contribution in [1.29, 1.82) is 0 Å². The van der Waals surface area contributed by atoms with Crippen molar-refractivity contribution in [3.8, 4) is 0 Å². The minimum Gasteiger partial charge on any atom is -0.480 e. The molecule has 21 heavy (non-hydrogen) atoms. The minimum atomic E-state index is -1.03. The number of rotatable bonds is 8. The molecule has 0 bridgehead atoms. The van der Waals surface area contributed by atoms with E-state index in [1.807, 2.05) is 6.92 Å². The van der Waals surface area contributed by atoms with E-state index in [9.17, 15) is 14.4 Å². The molecule has 0 aliphatic carbocycles. The average Bonchev–Trinajstić information content (AvgIpc) is 2.47. The van der Waals surface area contributed by atoms with Gasteiger partial charge in [-0.05, 0) is 6.42 Å². The molecule has 0 spiro atoms. The van der Waals surface area contributed by atoms with E-state index in [2.05, 4.69) is 5.32 Å². The average molecular weight is 318 g/mol. The smallest absolute Gasteiger partial charge is 0.326 e. The number of carbonyl (C=O) groups is 3. The van der Waals surface area contributed by atoms with Gasteiger partial charge in [0.05, 0.1) is 24.7 Å². The molecule has 0 aromatic rings. The SMILES string of the molecule is CCC[C@H](NC(=O)CSCC(=O)N1CCOCC1)C(=O)O. The van der Waals surface area contributed by atoms with Crippen LogP contribution in [0.15, 0.2) is 0 Å². The molecule has 120 valence electrons. The van der Waals surface area contributed by atoms with Crippen molar-refractivity contribution in [3.63, 3.8) is 0 Å². The summed E-state index contributed by atoms with van der Waals surface area (Å²) in [6.07, 6.45) is 1.08. The normalized spacial score (nSPS) is 16.3. The molecule has 1 fully saturated rings. The molecule has 1 heterocycles. The van der Waals surface area contributed by atoms with Crippen molar-refractivity contribution in [2.75, 3.05) is 37.8 Å². The highest BCUT2D eigenvalue weighted by atomic mass is 32.2. The van der Waals surface area contributed by atoms with Gasteiger partial charge in [-0.2, -0.15) is 0 Å². The van der Waals surface area contributed by atoms with Crippen molar-refractivity contribution < 1.29 is 24.2 Å². The third-order valence-electron chi connectivity index (χ3n) is 3.03. The van der Waals surface area contributed by atoms with Crippen LogP contribution in [0.4, 0.5) is 0 Å². The second-order valence-electron chi connectivity index (χ2n) is 4.73. The maximum absolute atomic E-state index is 11.8. The summed E-state index contributed by atoms with van der Waals surface area (Å²) in [5.41, 5.74) is 0. The Morgan fingerprint density at radius 1 is 1.29 bits per heavy atom. The van der Waals surface area contributed by atoms with Crippen LogP contribution < -0.4 is 5.32 Å². The van der Waals surface area contributed by atoms with Crippen LogP contribution in [0.25, 0.3) is 0 Å². The van der Waals surface area contributed by atoms with Crippen molar-refractivity contribution in [2.45, 2.75) is 25.8 Å². The fourth-order valence-corrected chi connectivity index (χ4v) is 2.65. The maximum atomic E-state index is 11.8. The highest BCUT2D eigenvalue weighted by Crippen LogP contribution is 2.06. The van der Waals surface area contributed by atoms with Gasteiger partial charge in [0.25, 0.3) is 0 Å². The molecule has 1 aliphatic heterocycles. The summed E-state index contributed by atoms with van der Waals surface area (Å²) in [6, 6.07) is -0.849. The molecule has 0 unspecified atom stereocenters. The molecule has 7 nitrogen and oxygen atoms in total. The monoisotopic (exact) mass is 318 g/mol. The van der Waals surface area contributed by atoms with Gasteiger partial charge in [-0.1, -0.05) is 13.3 Å². The zero-order valence-corrected chi connectivity index (χ0v) is 13.0. The van der Waals surface area contributed by atoms with E-state index in [0.29, 0.717) is 39.1 Å². The van der Waals surface area contributed by atoms with Crippen LogP contribution in [0.2, 0.25) is 0 Å². The first-order chi connectivity index (χ1) is 10.0. The van der Waals surface area contributed by atoms with Gasteiger partial charge >= 0.3 is 5.97 Å². The van der Waals surface area contributed by atoms with E-state index >= 15 is 0 Å². The summed E-state index contributed by atoms with van der Waals surface area (Å²) < 4.78 is 5.16. The molecule has 0 aromatic heterocycles. The van der Waals surface area contributed by atoms with Crippen LogP contribution >= 0.6 is 11.8 Å². The van der Waals surface area contributed by atoms with E-state index in [1.54, 1.807) is 4.90 Å². The topological polar surface area (TPSA) is 95.9 Å². The van der Waals surface area contributed by atoms with Gasteiger partial charge in [0.1, 0.15) is 6.04 Å². The zero-order chi connectivity index (χ0) is 15.7. The number of hydrogen-bond acceptors (Lipinski definition) is 5. The lowest BCUT2D eigenvalue weighted by molar-refractivity contribution is -0.141. The Morgan fingerprint density at radius 3 is 2.52 bits per heavy atom. The molecule has 0 radical (unpaired) electrons. The molecule has 2 amide bonds. The minimum absolute atomic E-state index is 0.0144. The van der Waals surface area contributed by atoms with Crippen LogP contribution in [0.3, 0.4) is 0 Å². The molecule has 1 saturated heterocycles. The molecule has 8 heteroatoms. The van der Waals surface area contributed by atoms with Gasteiger partial charge < -0.3 is 20.1 Å². The Bertz CT molecular complexity index is 372. The summed E-state index contributed by atoms with van der Waals surface area (Å²) in [4.78, 5) is 36.1. The van der Waals surface area contributed by atoms with Gasteiger partial charge in [-0.3, -0.25) is 9.59 Å². The summed E-state index contributed by atoms with van der Waals surface area (Å²) >= 11 is 1.20. The van der Waals surface area contributed by atoms with Gasteiger partial charge in [0, 0.05) is 13.1 Å². The molecule has 0 aromatic carbocycles. The number of thioether (sulfide) groups is 1. The number of ether oxygens (including phenoxy) is 1. The third-order valence-corrected chi connectivity index (χ3v) is 3.95. The predicted molar refractivity (Wildman–Crippen MR) is 79.2 cm³/mol. The van der Waals surface area contributed by atoms with E-state index in [-0.39, 0.29) is 23.3 Å². The van der Waals surface area contributed by atoms with Crippen molar-refractivity contribution in [3.05, 3.63) is 0 Å². The fourth-order valence-electron chi connectivity index (χ4n) is 1.92. The summed E-state index contributed by atoms with van der Waals surface area (Å²) in [6.45, 7) is 4.13. The Hall–Kier alpha value is -1.28. The largest absolute Gasteiger partial charge is 0.480 e. The number of carbonyl (C=O) groups excluding carboxylic acids is 2. The fraction of sp³-hybridized carbons (Fsp3) is 0.769. The number of aliphatic carboxylic acids is 1. The molecule has 1 atom stereocenters. The second-order valence-corrected chi connectivity index (χ2v) is 5.72. The van der Waals surface area contributed by atoms with E-state index in [4.69, 9.17) is 9.84 Å². The molecular weight excluding hydrogens is 296 g/mol. The standard InChI is InChI=1S/C13H22N2O5S/c1-2-3-10(13(18)19)14-11(16)8-21-9-12(17)15-4-6-20-7-5-15/h10H,2-9H2,1H3,(H,14,16)(H,18,19)/t10-/m0/s1. The number of carboxylic acid groups (broad SMARTS) is 1. The Morgan fingerprint density at radius 2 is 1.95 bits per heavy atom. The number of hydrogen-bond donors (Lipinski definition) is 2. The Labute approximate surface area is 128 Å². The number of carboxylic acids is 1. The highest BCUT2D eigenvalue weighted by molar-refractivity contribution is 8.00. The van der Waals surface area contributed by atoms with Crippen LogP contribution in [0, 0.1) is 0 Å². The van der Waals surface area contributed by atoms with Gasteiger partial charge in [0.2, 0.25) is 11.8 Å². The summed E-state index contributed by atoms with van der Waals surface area (Å²) in [5.74, 6) is -1.09. The second kappa shape index (κ2) is 9.62.